The molecule has 1 amide bonds. The van der Waals surface area contributed by atoms with E-state index in [0.717, 1.165) is 47.0 Å². The molecule has 9 nitrogen and oxygen atoms in total. The SMILES string of the molecule is CCCc1cn2c3c(cc(C(=O)N[C@@H](Cc4ccccc4)[C@@H](CNCc4cccc(C(F)(F)F)c4)OC=O)cc13)N(C)S(=O)(=O)CC2. The summed E-state index contributed by atoms with van der Waals surface area (Å²) in [4.78, 5) is 25.6. The van der Waals surface area contributed by atoms with E-state index in [1.54, 1.807) is 18.2 Å². The minimum absolute atomic E-state index is 0.0293. The maximum absolute atomic E-state index is 14.0. The van der Waals surface area contributed by atoms with Gasteiger partial charge < -0.3 is 19.9 Å². The van der Waals surface area contributed by atoms with Crippen LogP contribution in [0.3, 0.4) is 0 Å². The van der Waals surface area contributed by atoms with E-state index in [2.05, 4.69) is 10.6 Å². The fourth-order valence-corrected chi connectivity index (χ4v) is 7.11. The zero-order valence-electron chi connectivity index (χ0n) is 26.1. The van der Waals surface area contributed by atoms with Gasteiger partial charge in [0.2, 0.25) is 10.0 Å². The number of nitrogens with zero attached hydrogens (tertiary/aromatic N) is 2. The molecule has 47 heavy (non-hydrogen) atoms. The quantitative estimate of drug-likeness (QED) is 0.193. The van der Waals surface area contributed by atoms with Gasteiger partial charge in [0.1, 0.15) is 6.10 Å². The van der Waals surface area contributed by atoms with E-state index in [1.165, 1.54) is 17.4 Å². The van der Waals surface area contributed by atoms with E-state index in [-0.39, 0.29) is 37.3 Å². The van der Waals surface area contributed by atoms with Crippen molar-refractivity contribution in [2.45, 2.75) is 57.6 Å². The summed E-state index contributed by atoms with van der Waals surface area (Å²) >= 11 is 0. The fourth-order valence-electron chi connectivity index (χ4n) is 5.97. The molecule has 0 aliphatic carbocycles. The molecule has 5 rings (SSSR count). The molecule has 0 spiro atoms. The van der Waals surface area contributed by atoms with Crippen molar-refractivity contribution < 1.29 is 35.9 Å². The Kier molecular flexibility index (Phi) is 10.3. The maximum Gasteiger partial charge on any atom is 0.416 e. The first-order valence-electron chi connectivity index (χ1n) is 15.3. The van der Waals surface area contributed by atoms with Crippen LogP contribution in [0.15, 0.2) is 72.9 Å². The third kappa shape index (κ3) is 7.79. The number of hydrogen-bond acceptors (Lipinski definition) is 6. The van der Waals surface area contributed by atoms with Crippen molar-refractivity contribution >= 4 is 39.0 Å². The monoisotopic (exact) mass is 670 g/mol. The van der Waals surface area contributed by atoms with Crippen molar-refractivity contribution in [2.75, 3.05) is 23.7 Å². The van der Waals surface area contributed by atoms with Gasteiger partial charge in [-0.25, -0.2) is 8.42 Å². The second-order valence-electron chi connectivity index (χ2n) is 11.6. The summed E-state index contributed by atoms with van der Waals surface area (Å²) in [6.07, 6.45) is -1.55. The fraction of sp³-hybridized carbons (Fsp3) is 0.353. The molecular formula is C34H37F3N4O5S. The normalized spacial score (nSPS) is 15.6. The highest BCUT2D eigenvalue weighted by atomic mass is 32.2. The number of benzene rings is 3. The van der Waals surface area contributed by atoms with Crippen LogP contribution in [0.5, 0.6) is 0 Å². The van der Waals surface area contributed by atoms with Crippen molar-refractivity contribution in [1.29, 1.82) is 0 Å². The number of aryl methyl sites for hydroxylation is 2. The molecule has 0 unspecified atom stereocenters. The lowest BCUT2D eigenvalue weighted by Crippen LogP contribution is -2.50. The van der Waals surface area contributed by atoms with Gasteiger partial charge in [0.05, 0.1) is 28.6 Å². The second-order valence-corrected chi connectivity index (χ2v) is 13.8. The Morgan fingerprint density at radius 2 is 1.81 bits per heavy atom. The molecule has 2 heterocycles. The summed E-state index contributed by atoms with van der Waals surface area (Å²) in [5.74, 6) is -0.571. The van der Waals surface area contributed by atoms with Crippen LogP contribution in [-0.4, -0.2) is 56.9 Å². The molecule has 0 bridgehead atoms. The van der Waals surface area contributed by atoms with Crippen LogP contribution in [-0.2, 0) is 51.7 Å². The van der Waals surface area contributed by atoms with Crippen molar-refractivity contribution in [3.8, 4) is 0 Å². The lowest BCUT2D eigenvalue weighted by Gasteiger charge is -2.28. The molecule has 4 aromatic rings. The molecule has 1 aliphatic heterocycles. The van der Waals surface area contributed by atoms with Gasteiger partial charge in [-0.2, -0.15) is 13.2 Å². The Hall–Kier alpha value is -4.36. The molecule has 2 atom stereocenters. The van der Waals surface area contributed by atoms with Gasteiger partial charge in [0, 0.05) is 43.8 Å². The standard InChI is InChI=1S/C34H37F3N4O5S/c1-3-8-25-21-41-13-14-47(44,45)40(2)30-18-26(17-28(25)32(30)41)33(43)39-29(16-23-9-5-4-6-10-23)31(46-22-42)20-38-19-24-11-7-12-27(15-24)34(35,36)37/h4-7,9-12,15,17-18,21-22,29,31,38H,3,8,13-14,16,19-20H2,1-2H3,(H,39,43)/t29-,31+/m0/s1. The average Bonchev–Trinajstić information content (AvgIpc) is 3.35. The zero-order valence-corrected chi connectivity index (χ0v) is 26.9. The maximum atomic E-state index is 14.0. The molecule has 250 valence electrons. The van der Waals surface area contributed by atoms with Crippen LogP contribution < -0.4 is 14.9 Å². The van der Waals surface area contributed by atoms with E-state index in [1.807, 2.05) is 48.0 Å². The number of alkyl halides is 3. The summed E-state index contributed by atoms with van der Waals surface area (Å²) in [7, 11) is -2.14. The number of carbonyl (C=O) groups excluding carboxylic acids is 2. The lowest BCUT2D eigenvalue weighted by atomic mass is 9.99. The molecule has 0 saturated heterocycles. The third-order valence-electron chi connectivity index (χ3n) is 8.39. The van der Waals surface area contributed by atoms with Crippen LogP contribution in [0.2, 0.25) is 0 Å². The van der Waals surface area contributed by atoms with Gasteiger partial charge in [0.15, 0.2) is 0 Å². The predicted octanol–water partition coefficient (Wildman–Crippen LogP) is 5.06. The Labute approximate surface area is 271 Å². The van der Waals surface area contributed by atoms with E-state index >= 15 is 0 Å². The molecule has 0 saturated carbocycles. The van der Waals surface area contributed by atoms with Gasteiger partial charge in [-0.1, -0.05) is 61.9 Å². The largest absolute Gasteiger partial charge is 0.461 e. The first kappa shape index (κ1) is 34.0. The van der Waals surface area contributed by atoms with Crippen LogP contribution in [0.25, 0.3) is 10.9 Å². The topological polar surface area (TPSA) is 110 Å². The first-order valence-corrected chi connectivity index (χ1v) is 16.9. The number of carbonyl (C=O) groups is 2. The van der Waals surface area contributed by atoms with Crippen molar-refractivity contribution in [2.24, 2.45) is 0 Å². The summed E-state index contributed by atoms with van der Waals surface area (Å²) in [6.45, 7) is 2.71. The summed E-state index contributed by atoms with van der Waals surface area (Å²) in [6, 6.07) is 16.8. The van der Waals surface area contributed by atoms with Crippen molar-refractivity contribution in [1.82, 2.24) is 15.2 Å². The molecule has 0 fully saturated rings. The van der Waals surface area contributed by atoms with Gasteiger partial charge in [-0.05, 0) is 47.7 Å². The number of rotatable bonds is 13. The van der Waals surface area contributed by atoms with E-state index in [4.69, 9.17) is 4.74 Å². The zero-order chi connectivity index (χ0) is 33.8. The van der Waals surface area contributed by atoms with Crippen LogP contribution in [0, 0.1) is 0 Å². The Morgan fingerprint density at radius 3 is 2.51 bits per heavy atom. The van der Waals surface area contributed by atoms with E-state index in [9.17, 15) is 31.2 Å². The molecular weight excluding hydrogens is 633 g/mol. The van der Waals surface area contributed by atoms with Crippen molar-refractivity contribution in [3.05, 3.63) is 101 Å². The smallest absolute Gasteiger partial charge is 0.416 e. The number of nitrogens with one attached hydrogen (secondary N) is 2. The number of halogens is 3. The third-order valence-corrected chi connectivity index (χ3v) is 10.1. The number of anilines is 1. The predicted molar refractivity (Wildman–Crippen MR) is 174 cm³/mol. The Morgan fingerprint density at radius 1 is 1.06 bits per heavy atom. The van der Waals surface area contributed by atoms with Gasteiger partial charge in [0.25, 0.3) is 12.4 Å². The van der Waals surface area contributed by atoms with Crippen LogP contribution >= 0.6 is 0 Å². The van der Waals surface area contributed by atoms with Gasteiger partial charge in [-0.3, -0.25) is 13.9 Å². The number of amides is 1. The minimum atomic E-state index is -4.48. The first-order chi connectivity index (χ1) is 22.4. The van der Waals surface area contributed by atoms with Crippen LogP contribution in [0.4, 0.5) is 18.9 Å². The number of sulfonamides is 1. The minimum Gasteiger partial charge on any atom is -0.461 e. The number of ether oxygens (including phenoxy) is 1. The Balaban J connectivity index is 1.45. The molecule has 2 N–H and O–H groups in total. The highest BCUT2D eigenvalue weighted by molar-refractivity contribution is 7.92. The number of aromatic nitrogens is 1. The number of hydrogen-bond donors (Lipinski definition) is 2. The highest BCUT2D eigenvalue weighted by Crippen LogP contribution is 2.36. The molecule has 13 heteroatoms. The molecule has 3 aromatic carbocycles. The highest BCUT2D eigenvalue weighted by Gasteiger charge is 2.32. The van der Waals surface area contributed by atoms with Gasteiger partial charge >= 0.3 is 6.18 Å². The molecule has 1 aromatic heterocycles. The van der Waals surface area contributed by atoms with E-state index in [0.29, 0.717) is 17.8 Å². The van der Waals surface area contributed by atoms with Gasteiger partial charge in [-0.15, -0.1) is 0 Å². The lowest BCUT2D eigenvalue weighted by molar-refractivity contribution is -0.137. The van der Waals surface area contributed by atoms with Crippen LogP contribution in [0.1, 0.15) is 46.0 Å². The van der Waals surface area contributed by atoms with E-state index < -0.39 is 39.8 Å². The summed E-state index contributed by atoms with van der Waals surface area (Å²) in [5.41, 5.74) is 2.87. The van der Waals surface area contributed by atoms with Crippen molar-refractivity contribution in [3.63, 3.8) is 0 Å². The second kappa shape index (κ2) is 14.2. The summed E-state index contributed by atoms with van der Waals surface area (Å²) < 4.78 is 74.3. The molecule has 1 aliphatic rings. The Bertz CT molecular complexity index is 1840. The molecule has 0 radical (unpaired) electrons. The summed E-state index contributed by atoms with van der Waals surface area (Å²) in [5, 5.41) is 6.86. The average molecular weight is 671 g/mol.